The monoisotopic (exact) mass is 281 g/mol. The molecule has 0 aromatic heterocycles. The van der Waals surface area contributed by atoms with Gasteiger partial charge in [-0.25, -0.2) is 0 Å². The van der Waals surface area contributed by atoms with Crippen LogP contribution >= 0.6 is 0 Å². The number of aryl methyl sites for hydroxylation is 3. The second kappa shape index (κ2) is 6.93. The van der Waals surface area contributed by atoms with Gasteiger partial charge in [-0.15, -0.1) is 0 Å². The molecule has 2 aromatic rings. The van der Waals surface area contributed by atoms with Crippen LogP contribution in [0.5, 0.6) is 0 Å². The van der Waals surface area contributed by atoms with Crippen molar-refractivity contribution < 1.29 is 0 Å². The van der Waals surface area contributed by atoms with Crippen LogP contribution in [-0.2, 0) is 6.42 Å². The highest BCUT2D eigenvalue weighted by Crippen LogP contribution is 2.13. The number of hydrogen-bond donors (Lipinski definition) is 2. The molecule has 2 aromatic carbocycles. The highest BCUT2D eigenvalue weighted by atomic mass is 15.1. The summed E-state index contributed by atoms with van der Waals surface area (Å²) in [5.74, 6) is 0.465. The number of nitrogens with one attached hydrogen (secondary N) is 1. The molecule has 0 aliphatic rings. The molecule has 0 aliphatic carbocycles. The molecule has 21 heavy (non-hydrogen) atoms. The summed E-state index contributed by atoms with van der Waals surface area (Å²) in [6.07, 6.45) is 0.905. The Morgan fingerprint density at radius 2 is 1.76 bits per heavy atom. The lowest BCUT2D eigenvalue weighted by molar-refractivity contribution is 0.954. The van der Waals surface area contributed by atoms with Crippen molar-refractivity contribution in [3.8, 4) is 0 Å². The van der Waals surface area contributed by atoms with Crippen molar-refractivity contribution in [2.45, 2.75) is 27.2 Å². The zero-order chi connectivity index (χ0) is 15.2. The third-order valence-corrected chi connectivity index (χ3v) is 3.70. The Kier molecular flexibility index (Phi) is 4.99. The Hall–Kier alpha value is -2.29. The van der Waals surface area contributed by atoms with Gasteiger partial charge >= 0.3 is 0 Å². The highest BCUT2D eigenvalue weighted by Gasteiger charge is 1.99. The molecule has 3 N–H and O–H groups in total. The molecular weight excluding hydrogens is 258 g/mol. The summed E-state index contributed by atoms with van der Waals surface area (Å²) in [6.45, 7) is 7.00. The summed E-state index contributed by atoms with van der Waals surface area (Å²) >= 11 is 0. The third-order valence-electron chi connectivity index (χ3n) is 3.70. The van der Waals surface area contributed by atoms with E-state index in [1.807, 2.05) is 6.07 Å². The van der Waals surface area contributed by atoms with Gasteiger partial charge in [-0.3, -0.25) is 4.99 Å². The zero-order valence-electron chi connectivity index (χ0n) is 13.0. The van der Waals surface area contributed by atoms with Gasteiger partial charge in [-0.2, -0.15) is 0 Å². The first-order valence-corrected chi connectivity index (χ1v) is 7.25. The predicted octanol–water partition coefficient (Wildman–Crippen LogP) is 3.58. The normalized spacial score (nSPS) is 11.5. The molecule has 0 fully saturated rings. The van der Waals surface area contributed by atoms with E-state index in [0.29, 0.717) is 12.5 Å². The van der Waals surface area contributed by atoms with Crippen LogP contribution in [-0.4, -0.2) is 12.5 Å². The Balaban J connectivity index is 1.92. The molecule has 110 valence electrons. The summed E-state index contributed by atoms with van der Waals surface area (Å²) in [5.41, 5.74) is 12.1. The molecule has 2 rings (SSSR count). The molecule has 0 heterocycles. The fourth-order valence-electron chi connectivity index (χ4n) is 2.19. The van der Waals surface area contributed by atoms with Crippen LogP contribution in [0.25, 0.3) is 0 Å². The first-order chi connectivity index (χ1) is 10.1. The quantitative estimate of drug-likeness (QED) is 0.665. The Bertz CT molecular complexity index is 645. The minimum atomic E-state index is 0.465. The average Bonchev–Trinajstić information content (AvgIpc) is 2.45. The average molecular weight is 281 g/mol. The molecule has 3 nitrogen and oxygen atoms in total. The standard InChI is InChI=1S/C18H23N3/c1-13-8-9-17(12-15(13)3)21-18(19)20-11-10-16-7-5-4-6-14(16)2/h4-9,12H,10-11H2,1-3H3,(H3,19,20,21). The van der Waals surface area contributed by atoms with Gasteiger partial charge in [-0.1, -0.05) is 30.3 Å². The lowest BCUT2D eigenvalue weighted by Gasteiger charge is -2.08. The van der Waals surface area contributed by atoms with Gasteiger partial charge in [0.05, 0.1) is 0 Å². The van der Waals surface area contributed by atoms with Gasteiger partial charge in [0.15, 0.2) is 5.96 Å². The highest BCUT2D eigenvalue weighted by molar-refractivity contribution is 5.92. The molecule has 0 bridgehead atoms. The van der Waals surface area contributed by atoms with E-state index >= 15 is 0 Å². The number of hydrogen-bond acceptors (Lipinski definition) is 1. The predicted molar refractivity (Wildman–Crippen MR) is 90.9 cm³/mol. The summed E-state index contributed by atoms with van der Waals surface area (Å²) in [5, 5.41) is 3.14. The molecule has 0 aliphatic heterocycles. The largest absolute Gasteiger partial charge is 0.370 e. The number of aliphatic imine (C=N–C) groups is 1. The summed E-state index contributed by atoms with van der Waals surface area (Å²) in [4.78, 5) is 4.39. The van der Waals surface area contributed by atoms with Crippen molar-refractivity contribution in [3.63, 3.8) is 0 Å². The zero-order valence-corrected chi connectivity index (χ0v) is 13.0. The van der Waals surface area contributed by atoms with Crippen LogP contribution in [0.4, 0.5) is 5.69 Å². The van der Waals surface area contributed by atoms with Crippen molar-refractivity contribution >= 4 is 11.6 Å². The van der Waals surface area contributed by atoms with E-state index in [2.05, 4.69) is 67.5 Å². The molecular formula is C18H23N3. The fourth-order valence-corrected chi connectivity index (χ4v) is 2.19. The summed E-state index contributed by atoms with van der Waals surface area (Å²) in [7, 11) is 0. The van der Waals surface area contributed by atoms with E-state index in [4.69, 9.17) is 5.73 Å². The molecule has 0 saturated heterocycles. The molecule has 0 atom stereocenters. The van der Waals surface area contributed by atoms with E-state index in [-0.39, 0.29) is 0 Å². The van der Waals surface area contributed by atoms with Crippen LogP contribution in [0, 0.1) is 20.8 Å². The van der Waals surface area contributed by atoms with Crippen molar-refractivity contribution in [1.82, 2.24) is 0 Å². The number of rotatable bonds is 4. The van der Waals surface area contributed by atoms with Crippen molar-refractivity contribution in [3.05, 3.63) is 64.7 Å². The van der Waals surface area contributed by atoms with Gasteiger partial charge in [0, 0.05) is 12.2 Å². The maximum atomic E-state index is 5.93. The van der Waals surface area contributed by atoms with Crippen molar-refractivity contribution in [2.24, 2.45) is 10.7 Å². The van der Waals surface area contributed by atoms with E-state index in [1.54, 1.807) is 0 Å². The molecule has 0 saturated carbocycles. The molecule has 0 spiro atoms. The van der Waals surface area contributed by atoms with Crippen LogP contribution < -0.4 is 11.1 Å². The Morgan fingerprint density at radius 1 is 1.00 bits per heavy atom. The first-order valence-electron chi connectivity index (χ1n) is 7.25. The smallest absolute Gasteiger partial charge is 0.193 e. The topological polar surface area (TPSA) is 50.4 Å². The first kappa shape index (κ1) is 15.1. The van der Waals surface area contributed by atoms with Crippen LogP contribution in [0.1, 0.15) is 22.3 Å². The SMILES string of the molecule is Cc1ccc(NC(N)=NCCc2ccccc2C)cc1C. The van der Waals surface area contributed by atoms with E-state index in [0.717, 1.165) is 12.1 Å². The van der Waals surface area contributed by atoms with Crippen LogP contribution in [0.3, 0.4) is 0 Å². The summed E-state index contributed by atoms with van der Waals surface area (Å²) < 4.78 is 0. The molecule has 0 unspecified atom stereocenters. The lowest BCUT2D eigenvalue weighted by Crippen LogP contribution is -2.23. The maximum Gasteiger partial charge on any atom is 0.193 e. The minimum Gasteiger partial charge on any atom is -0.370 e. The van der Waals surface area contributed by atoms with Gasteiger partial charge in [-0.05, 0) is 61.6 Å². The van der Waals surface area contributed by atoms with Gasteiger partial charge in [0.1, 0.15) is 0 Å². The van der Waals surface area contributed by atoms with Gasteiger partial charge in [0.2, 0.25) is 0 Å². The lowest BCUT2D eigenvalue weighted by atomic mass is 10.1. The summed E-state index contributed by atoms with van der Waals surface area (Å²) in [6, 6.07) is 14.6. The number of nitrogens with zero attached hydrogens (tertiary/aromatic N) is 1. The maximum absolute atomic E-state index is 5.93. The van der Waals surface area contributed by atoms with Crippen molar-refractivity contribution in [1.29, 1.82) is 0 Å². The molecule has 0 radical (unpaired) electrons. The molecule has 3 heteroatoms. The number of guanidine groups is 1. The second-order valence-electron chi connectivity index (χ2n) is 5.37. The van der Waals surface area contributed by atoms with E-state index < -0.39 is 0 Å². The van der Waals surface area contributed by atoms with Gasteiger partial charge < -0.3 is 11.1 Å². The van der Waals surface area contributed by atoms with E-state index in [9.17, 15) is 0 Å². The van der Waals surface area contributed by atoms with Crippen LogP contribution in [0.15, 0.2) is 47.5 Å². The minimum absolute atomic E-state index is 0.465. The second-order valence-corrected chi connectivity index (χ2v) is 5.37. The number of nitrogens with two attached hydrogens (primary N) is 1. The fraction of sp³-hybridized carbons (Fsp3) is 0.278. The number of anilines is 1. The Labute approximate surface area is 126 Å². The third kappa shape index (κ3) is 4.35. The Morgan fingerprint density at radius 3 is 2.48 bits per heavy atom. The van der Waals surface area contributed by atoms with Crippen molar-refractivity contribution in [2.75, 3.05) is 11.9 Å². The van der Waals surface area contributed by atoms with Gasteiger partial charge in [0.25, 0.3) is 0 Å². The number of benzene rings is 2. The molecule has 0 amide bonds. The van der Waals surface area contributed by atoms with E-state index in [1.165, 1.54) is 22.3 Å². The van der Waals surface area contributed by atoms with Crippen LogP contribution in [0.2, 0.25) is 0 Å².